The monoisotopic (exact) mass is 380 g/mol. The van der Waals surface area contributed by atoms with Crippen molar-refractivity contribution >= 4 is 11.9 Å². The Morgan fingerprint density at radius 2 is 1.26 bits per heavy atom. The van der Waals surface area contributed by atoms with Crippen molar-refractivity contribution in [2.75, 3.05) is 13.2 Å². The molecule has 27 heavy (non-hydrogen) atoms. The molecule has 0 spiro atoms. The van der Waals surface area contributed by atoms with Crippen molar-refractivity contribution in [3.05, 3.63) is 34.6 Å². The van der Waals surface area contributed by atoms with Crippen molar-refractivity contribution in [1.82, 2.24) is 0 Å². The minimum Gasteiger partial charge on any atom is -0.465 e. The Balaban J connectivity index is 3.45. The summed E-state index contributed by atoms with van der Waals surface area (Å²) in [4.78, 5) is 24.6. The Morgan fingerprint density at radius 1 is 0.889 bits per heavy atom. The number of carbonyl (C=O) groups excluding carboxylic acids is 2. The summed E-state index contributed by atoms with van der Waals surface area (Å²) < 4.78 is 25.3. The summed E-state index contributed by atoms with van der Waals surface area (Å²) in [6.07, 6.45) is 0.115. The number of rotatable bonds is 6. The second-order valence-corrected chi connectivity index (χ2v) is 8.77. The van der Waals surface area contributed by atoms with Crippen molar-refractivity contribution in [3.8, 4) is 0 Å². The molecule has 0 atom stereocenters. The third kappa shape index (κ3) is 6.05. The minimum atomic E-state index is -1.06. The first-order valence-electron chi connectivity index (χ1n) is 9.49. The van der Waals surface area contributed by atoms with Crippen LogP contribution in [0.1, 0.15) is 72.1 Å². The summed E-state index contributed by atoms with van der Waals surface area (Å²) in [6, 6.07) is 3.49. The Kier molecular flexibility index (Phi) is 7.58. The van der Waals surface area contributed by atoms with Crippen LogP contribution in [0.5, 0.6) is 0 Å². The molecular formula is C22H33FO4. The maximum Gasteiger partial charge on any atom is 0.320 e. The van der Waals surface area contributed by atoms with Crippen LogP contribution in [0.2, 0.25) is 0 Å². The SMILES string of the molecule is CCOC(=O)C(Cc1cc(C(C)(C)C)c(F)c(C(C)(C)C)c1)C(=O)OCC. The van der Waals surface area contributed by atoms with E-state index in [4.69, 9.17) is 9.47 Å². The molecule has 0 aliphatic carbocycles. The predicted octanol–water partition coefficient (Wildman–Crippen LogP) is 4.71. The topological polar surface area (TPSA) is 52.6 Å². The first kappa shape index (κ1) is 23.1. The zero-order valence-corrected chi connectivity index (χ0v) is 17.9. The molecule has 1 aromatic rings. The zero-order valence-electron chi connectivity index (χ0n) is 17.9. The molecule has 0 aliphatic rings. The molecule has 0 amide bonds. The number of carbonyl (C=O) groups is 2. The molecule has 1 aromatic carbocycles. The van der Waals surface area contributed by atoms with Crippen molar-refractivity contribution in [2.24, 2.45) is 5.92 Å². The van der Waals surface area contributed by atoms with Gasteiger partial charge in [-0.15, -0.1) is 0 Å². The fourth-order valence-corrected chi connectivity index (χ4v) is 2.88. The van der Waals surface area contributed by atoms with Crippen LogP contribution < -0.4 is 0 Å². The van der Waals surface area contributed by atoms with Crippen LogP contribution in [-0.2, 0) is 36.3 Å². The van der Waals surface area contributed by atoms with Crippen molar-refractivity contribution in [1.29, 1.82) is 0 Å². The quantitative estimate of drug-likeness (QED) is 0.530. The van der Waals surface area contributed by atoms with E-state index in [9.17, 15) is 9.59 Å². The number of ether oxygens (including phenoxy) is 2. The molecule has 4 nitrogen and oxygen atoms in total. The largest absolute Gasteiger partial charge is 0.465 e. The van der Waals surface area contributed by atoms with Gasteiger partial charge in [0.15, 0.2) is 5.92 Å². The molecule has 5 heteroatoms. The van der Waals surface area contributed by atoms with Crippen LogP contribution in [0.4, 0.5) is 4.39 Å². The zero-order chi connectivity index (χ0) is 21.0. The maximum atomic E-state index is 15.2. The van der Waals surface area contributed by atoms with Crippen molar-refractivity contribution < 1.29 is 23.5 Å². The second-order valence-electron chi connectivity index (χ2n) is 8.77. The van der Waals surface area contributed by atoms with Gasteiger partial charge in [-0.3, -0.25) is 9.59 Å². The Labute approximate surface area is 162 Å². The molecular weight excluding hydrogens is 347 g/mol. The Hall–Kier alpha value is -1.91. The summed E-state index contributed by atoms with van der Waals surface area (Å²) in [5.74, 6) is -2.52. The van der Waals surface area contributed by atoms with E-state index in [2.05, 4.69) is 0 Å². The molecule has 0 aliphatic heterocycles. The standard InChI is InChI=1S/C22H33FO4/c1-9-26-19(24)15(20(25)27-10-2)11-14-12-16(21(3,4)5)18(23)17(13-14)22(6,7)8/h12-13,15H,9-11H2,1-8H3. The van der Waals surface area contributed by atoms with Crippen LogP contribution in [0, 0.1) is 11.7 Å². The van der Waals surface area contributed by atoms with Gasteiger partial charge in [0.05, 0.1) is 13.2 Å². The van der Waals surface area contributed by atoms with Gasteiger partial charge in [-0.25, -0.2) is 4.39 Å². The van der Waals surface area contributed by atoms with Crippen molar-refractivity contribution in [3.63, 3.8) is 0 Å². The maximum absolute atomic E-state index is 15.2. The van der Waals surface area contributed by atoms with Crippen LogP contribution in [0.3, 0.4) is 0 Å². The average Bonchev–Trinajstić information content (AvgIpc) is 2.51. The van der Waals surface area contributed by atoms with Crippen LogP contribution in [0.15, 0.2) is 12.1 Å². The average molecular weight is 381 g/mol. The lowest BCUT2D eigenvalue weighted by atomic mass is 9.78. The second kappa shape index (κ2) is 8.85. The van der Waals surface area contributed by atoms with Gasteiger partial charge in [-0.05, 0) is 47.8 Å². The highest BCUT2D eigenvalue weighted by atomic mass is 19.1. The van der Waals surface area contributed by atoms with Gasteiger partial charge in [-0.2, -0.15) is 0 Å². The van der Waals surface area contributed by atoms with E-state index < -0.39 is 28.7 Å². The lowest BCUT2D eigenvalue weighted by molar-refractivity contribution is -0.161. The van der Waals surface area contributed by atoms with Crippen LogP contribution in [-0.4, -0.2) is 25.2 Å². The number of hydrogen-bond donors (Lipinski definition) is 0. The third-order valence-electron chi connectivity index (χ3n) is 4.33. The van der Waals surface area contributed by atoms with Gasteiger partial charge in [0, 0.05) is 0 Å². The fraction of sp³-hybridized carbons (Fsp3) is 0.636. The van der Waals surface area contributed by atoms with Crippen molar-refractivity contribution in [2.45, 2.75) is 72.6 Å². The molecule has 0 radical (unpaired) electrons. The number of halogens is 1. The summed E-state index contributed by atoms with van der Waals surface area (Å²) >= 11 is 0. The third-order valence-corrected chi connectivity index (χ3v) is 4.33. The summed E-state index contributed by atoms with van der Waals surface area (Å²) in [5, 5.41) is 0. The molecule has 0 saturated heterocycles. The molecule has 0 aromatic heterocycles. The Morgan fingerprint density at radius 3 is 1.56 bits per heavy atom. The van der Waals surface area contributed by atoms with Gasteiger partial charge < -0.3 is 9.47 Å². The lowest BCUT2D eigenvalue weighted by Gasteiger charge is -2.28. The molecule has 0 fully saturated rings. The molecule has 0 heterocycles. The minimum absolute atomic E-state index is 0.115. The summed E-state index contributed by atoms with van der Waals surface area (Å²) in [5.41, 5.74) is 1.03. The predicted molar refractivity (Wildman–Crippen MR) is 104 cm³/mol. The Bertz CT molecular complexity index is 628. The van der Waals surface area contributed by atoms with Gasteiger partial charge >= 0.3 is 11.9 Å². The molecule has 1 rings (SSSR count). The van der Waals surface area contributed by atoms with Crippen LogP contribution in [0.25, 0.3) is 0 Å². The fourth-order valence-electron chi connectivity index (χ4n) is 2.88. The normalized spacial score (nSPS) is 12.2. The summed E-state index contributed by atoms with van der Waals surface area (Å²) in [6.45, 7) is 15.4. The van der Waals surface area contributed by atoms with E-state index in [0.717, 1.165) is 5.56 Å². The van der Waals surface area contributed by atoms with E-state index in [-0.39, 0.29) is 25.5 Å². The molecule has 0 N–H and O–H groups in total. The van der Waals surface area contributed by atoms with E-state index in [1.165, 1.54) is 0 Å². The van der Waals surface area contributed by atoms with E-state index in [0.29, 0.717) is 11.1 Å². The van der Waals surface area contributed by atoms with Crippen LogP contribution >= 0.6 is 0 Å². The molecule has 0 bridgehead atoms. The highest BCUT2D eigenvalue weighted by Gasteiger charge is 2.32. The lowest BCUT2D eigenvalue weighted by Crippen LogP contribution is -2.30. The first-order valence-corrected chi connectivity index (χ1v) is 9.49. The number of esters is 2. The smallest absolute Gasteiger partial charge is 0.320 e. The number of benzene rings is 1. The summed E-state index contributed by atoms with van der Waals surface area (Å²) in [7, 11) is 0. The van der Waals surface area contributed by atoms with Gasteiger partial charge in [0.1, 0.15) is 5.82 Å². The van der Waals surface area contributed by atoms with Gasteiger partial charge in [-0.1, -0.05) is 53.7 Å². The van der Waals surface area contributed by atoms with E-state index in [1.54, 1.807) is 26.0 Å². The highest BCUT2D eigenvalue weighted by molar-refractivity contribution is 5.95. The highest BCUT2D eigenvalue weighted by Crippen LogP contribution is 2.34. The van der Waals surface area contributed by atoms with Gasteiger partial charge in [0.2, 0.25) is 0 Å². The first-order chi connectivity index (χ1) is 12.3. The van der Waals surface area contributed by atoms with Gasteiger partial charge in [0.25, 0.3) is 0 Å². The number of hydrogen-bond acceptors (Lipinski definition) is 4. The molecule has 152 valence electrons. The van der Waals surface area contributed by atoms with E-state index in [1.807, 2.05) is 41.5 Å². The molecule has 0 saturated carbocycles. The molecule has 0 unspecified atom stereocenters. The van der Waals surface area contributed by atoms with E-state index >= 15 is 4.39 Å².